The summed E-state index contributed by atoms with van der Waals surface area (Å²) in [6, 6.07) is 6.55. The lowest BCUT2D eigenvalue weighted by atomic mass is 9.76. The fourth-order valence-electron chi connectivity index (χ4n) is 2.79. The minimum Gasteiger partial charge on any atom is -0.398 e. The molecule has 0 radical (unpaired) electrons. The van der Waals surface area contributed by atoms with Crippen molar-refractivity contribution in [1.29, 1.82) is 0 Å². The van der Waals surface area contributed by atoms with Crippen LogP contribution >= 0.6 is 11.9 Å². The second-order valence-corrected chi connectivity index (χ2v) is 9.37. The minimum atomic E-state index is 0.163. The summed E-state index contributed by atoms with van der Waals surface area (Å²) in [5.74, 6) is 1.08. The molecular formula is C20H32N2S. The zero-order valence-electron chi connectivity index (χ0n) is 15.3. The summed E-state index contributed by atoms with van der Waals surface area (Å²) < 4.78 is 3.47. The van der Waals surface area contributed by atoms with Gasteiger partial charge in [-0.25, -0.2) is 0 Å². The summed E-state index contributed by atoms with van der Waals surface area (Å²) in [7, 11) is 0. The molecule has 0 heterocycles. The number of nitrogen functional groups attached to an aromatic ring is 1. The standard InChI is InChI=1S/C20H32N2S/c1-19(2,3)22-23-13-10-15-6-7-18(21)17(14-15)16-8-11-20(4,5)12-9-16/h6-8,14,22H,9-13,21H2,1-5H3. The summed E-state index contributed by atoms with van der Waals surface area (Å²) in [6.45, 7) is 11.3. The number of aryl methyl sites for hydroxylation is 1. The van der Waals surface area contributed by atoms with E-state index in [1.54, 1.807) is 11.9 Å². The van der Waals surface area contributed by atoms with Crippen molar-refractivity contribution in [3.05, 3.63) is 35.4 Å². The minimum absolute atomic E-state index is 0.163. The second kappa shape index (κ2) is 7.31. The Labute approximate surface area is 146 Å². The van der Waals surface area contributed by atoms with Crippen LogP contribution in [-0.4, -0.2) is 11.3 Å². The van der Waals surface area contributed by atoms with Gasteiger partial charge in [0.25, 0.3) is 0 Å². The van der Waals surface area contributed by atoms with Gasteiger partial charge in [-0.1, -0.05) is 37.9 Å². The molecule has 3 heteroatoms. The van der Waals surface area contributed by atoms with Gasteiger partial charge in [0.15, 0.2) is 0 Å². The first-order valence-corrected chi connectivity index (χ1v) is 9.62. The van der Waals surface area contributed by atoms with Crippen LogP contribution in [0.4, 0.5) is 5.69 Å². The Bertz CT molecular complexity index is 567. The predicted molar refractivity (Wildman–Crippen MR) is 106 cm³/mol. The van der Waals surface area contributed by atoms with E-state index in [9.17, 15) is 0 Å². The summed E-state index contributed by atoms with van der Waals surface area (Å²) in [6.07, 6.45) is 7.00. The van der Waals surface area contributed by atoms with E-state index in [0.717, 1.165) is 30.7 Å². The number of hydrogen-bond donors (Lipinski definition) is 2. The molecular weight excluding hydrogens is 300 g/mol. The summed E-state index contributed by atoms with van der Waals surface area (Å²) in [5, 5.41) is 0. The Morgan fingerprint density at radius 1 is 1.26 bits per heavy atom. The van der Waals surface area contributed by atoms with Gasteiger partial charge in [0, 0.05) is 22.5 Å². The monoisotopic (exact) mass is 332 g/mol. The Hall–Kier alpha value is -0.930. The molecule has 0 spiro atoms. The Kier molecular flexibility index (Phi) is 5.85. The number of nitrogens with one attached hydrogen (secondary N) is 1. The van der Waals surface area contributed by atoms with Gasteiger partial charge >= 0.3 is 0 Å². The van der Waals surface area contributed by atoms with E-state index in [4.69, 9.17) is 5.73 Å². The van der Waals surface area contributed by atoms with Gasteiger partial charge in [0.2, 0.25) is 0 Å². The summed E-state index contributed by atoms with van der Waals surface area (Å²) in [5.41, 5.74) is 11.8. The van der Waals surface area contributed by atoms with E-state index in [1.165, 1.54) is 23.1 Å². The topological polar surface area (TPSA) is 38.0 Å². The maximum Gasteiger partial charge on any atom is 0.0390 e. The fraction of sp³-hybridized carbons (Fsp3) is 0.600. The first-order chi connectivity index (χ1) is 10.7. The van der Waals surface area contributed by atoms with Gasteiger partial charge in [-0.3, -0.25) is 4.72 Å². The SMILES string of the molecule is CC1(C)CC=C(c2cc(CCSNC(C)(C)C)ccc2N)CC1. The lowest BCUT2D eigenvalue weighted by molar-refractivity contribution is 0.335. The molecule has 1 aromatic carbocycles. The zero-order chi connectivity index (χ0) is 17.1. The number of allylic oxidation sites excluding steroid dienone is 2. The van der Waals surface area contributed by atoms with Crippen molar-refractivity contribution in [2.45, 2.75) is 65.8 Å². The van der Waals surface area contributed by atoms with Gasteiger partial charge in [-0.05, 0) is 75.1 Å². The quantitative estimate of drug-likeness (QED) is 0.428. The van der Waals surface area contributed by atoms with E-state index >= 15 is 0 Å². The molecule has 2 nitrogen and oxygen atoms in total. The molecule has 1 aromatic rings. The van der Waals surface area contributed by atoms with Crippen LogP contribution in [0.5, 0.6) is 0 Å². The number of hydrogen-bond acceptors (Lipinski definition) is 3. The molecule has 1 aliphatic rings. The van der Waals surface area contributed by atoms with E-state index in [0.29, 0.717) is 5.41 Å². The van der Waals surface area contributed by atoms with Crippen LogP contribution in [0.1, 0.15) is 65.0 Å². The lowest BCUT2D eigenvalue weighted by Crippen LogP contribution is -2.30. The average molecular weight is 333 g/mol. The lowest BCUT2D eigenvalue weighted by Gasteiger charge is -2.29. The predicted octanol–water partition coefficient (Wildman–Crippen LogP) is 5.44. The maximum atomic E-state index is 6.24. The average Bonchev–Trinajstić information content (AvgIpc) is 2.44. The third-order valence-corrected chi connectivity index (χ3v) is 5.47. The molecule has 0 unspecified atom stereocenters. The first kappa shape index (κ1) is 18.4. The zero-order valence-corrected chi connectivity index (χ0v) is 16.1. The van der Waals surface area contributed by atoms with Crippen LogP contribution in [-0.2, 0) is 6.42 Å². The molecule has 0 fully saturated rings. The summed E-state index contributed by atoms with van der Waals surface area (Å²) in [4.78, 5) is 0. The summed E-state index contributed by atoms with van der Waals surface area (Å²) >= 11 is 1.80. The van der Waals surface area contributed by atoms with E-state index in [1.807, 2.05) is 0 Å². The van der Waals surface area contributed by atoms with Crippen LogP contribution in [0.15, 0.2) is 24.3 Å². The Morgan fingerprint density at radius 2 is 2.00 bits per heavy atom. The third-order valence-electron chi connectivity index (χ3n) is 4.31. The smallest absolute Gasteiger partial charge is 0.0390 e. The highest BCUT2D eigenvalue weighted by Gasteiger charge is 2.22. The van der Waals surface area contributed by atoms with Crippen molar-refractivity contribution in [1.82, 2.24) is 4.72 Å². The van der Waals surface area contributed by atoms with E-state index in [-0.39, 0.29) is 5.54 Å². The molecule has 128 valence electrons. The Balaban J connectivity index is 2.01. The van der Waals surface area contributed by atoms with Crippen molar-refractivity contribution >= 4 is 23.2 Å². The van der Waals surface area contributed by atoms with Crippen LogP contribution < -0.4 is 10.5 Å². The highest BCUT2D eigenvalue weighted by molar-refractivity contribution is 7.97. The van der Waals surface area contributed by atoms with Gasteiger partial charge in [0.05, 0.1) is 0 Å². The maximum absolute atomic E-state index is 6.24. The van der Waals surface area contributed by atoms with Crippen molar-refractivity contribution in [3.8, 4) is 0 Å². The molecule has 0 aromatic heterocycles. The number of benzene rings is 1. The van der Waals surface area contributed by atoms with Crippen molar-refractivity contribution in [2.24, 2.45) is 5.41 Å². The first-order valence-electron chi connectivity index (χ1n) is 8.63. The van der Waals surface area contributed by atoms with Gasteiger partial charge < -0.3 is 5.73 Å². The fourth-order valence-corrected chi connectivity index (χ4v) is 3.67. The third kappa shape index (κ3) is 5.89. The normalized spacial score (nSPS) is 17.9. The van der Waals surface area contributed by atoms with Crippen LogP contribution in [0.25, 0.3) is 5.57 Å². The van der Waals surface area contributed by atoms with Gasteiger partial charge in [0.1, 0.15) is 0 Å². The van der Waals surface area contributed by atoms with E-state index < -0.39 is 0 Å². The van der Waals surface area contributed by atoms with Crippen molar-refractivity contribution in [2.75, 3.05) is 11.5 Å². The Morgan fingerprint density at radius 3 is 2.61 bits per heavy atom. The molecule has 0 atom stereocenters. The van der Waals surface area contributed by atoms with Crippen LogP contribution in [0.2, 0.25) is 0 Å². The van der Waals surface area contributed by atoms with Crippen LogP contribution in [0.3, 0.4) is 0 Å². The number of nitrogens with two attached hydrogens (primary N) is 1. The molecule has 23 heavy (non-hydrogen) atoms. The molecule has 0 bridgehead atoms. The van der Waals surface area contributed by atoms with Gasteiger partial charge in [-0.15, -0.1) is 0 Å². The molecule has 3 N–H and O–H groups in total. The highest BCUT2D eigenvalue weighted by Crippen LogP contribution is 2.39. The van der Waals surface area contributed by atoms with E-state index in [2.05, 4.69) is 63.6 Å². The number of anilines is 1. The molecule has 2 rings (SSSR count). The highest BCUT2D eigenvalue weighted by atomic mass is 32.2. The molecule has 1 aliphatic carbocycles. The molecule has 0 amide bonds. The molecule has 0 saturated heterocycles. The number of rotatable bonds is 5. The molecule has 0 saturated carbocycles. The van der Waals surface area contributed by atoms with Crippen molar-refractivity contribution in [3.63, 3.8) is 0 Å². The largest absolute Gasteiger partial charge is 0.398 e. The molecule has 0 aliphatic heterocycles. The van der Waals surface area contributed by atoms with Gasteiger partial charge in [-0.2, -0.15) is 0 Å². The van der Waals surface area contributed by atoms with Crippen LogP contribution in [0, 0.1) is 5.41 Å². The van der Waals surface area contributed by atoms with Crippen molar-refractivity contribution < 1.29 is 0 Å². The second-order valence-electron chi connectivity index (χ2n) is 8.47.